The summed E-state index contributed by atoms with van der Waals surface area (Å²) >= 11 is 0. The molecular weight excluding hydrogens is 385 g/mol. The molecule has 152 valence electrons. The molecule has 0 radical (unpaired) electrons. The van der Waals surface area contributed by atoms with Gasteiger partial charge in [0, 0.05) is 63.1 Å². The zero-order chi connectivity index (χ0) is 20.7. The minimum Gasteiger partial charge on any atom is -0.296 e. The first-order valence-corrected chi connectivity index (χ1v) is 9.66. The lowest BCUT2D eigenvalue weighted by atomic mass is 9.87. The standard InChI is InChI=1S/C20H20FN9/c1-27-11-15(9-24-27)17-8-18-23-5-7-29(18)19(26-17)16-10-25-30(12-16)20(2-4-22)13-28(14-20)6-3-21/h5,7-12H,2-3,6,13-14H2,1H3. The van der Waals surface area contributed by atoms with Gasteiger partial charge < -0.3 is 0 Å². The average molecular weight is 405 g/mol. The van der Waals surface area contributed by atoms with E-state index < -0.39 is 12.2 Å². The first kappa shape index (κ1) is 18.4. The molecule has 1 saturated heterocycles. The predicted octanol–water partition coefficient (Wildman–Crippen LogP) is 1.89. The van der Waals surface area contributed by atoms with Gasteiger partial charge in [0.2, 0.25) is 0 Å². The van der Waals surface area contributed by atoms with E-state index in [1.807, 2.05) is 45.7 Å². The molecule has 4 aromatic heterocycles. The number of aryl methyl sites for hydroxylation is 1. The number of alkyl halides is 1. The van der Waals surface area contributed by atoms with E-state index in [4.69, 9.17) is 4.98 Å². The van der Waals surface area contributed by atoms with Gasteiger partial charge in [-0.3, -0.25) is 18.7 Å². The summed E-state index contributed by atoms with van der Waals surface area (Å²) in [7, 11) is 1.86. The van der Waals surface area contributed by atoms with Gasteiger partial charge in [0.25, 0.3) is 0 Å². The van der Waals surface area contributed by atoms with E-state index in [1.165, 1.54) is 0 Å². The molecule has 0 spiro atoms. The summed E-state index contributed by atoms with van der Waals surface area (Å²) in [6.07, 6.45) is 11.3. The van der Waals surface area contributed by atoms with Crippen LogP contribution in [0.15, 0.2) is 43.2 Å². The molecule has 0 aromatic carbocycles. The molecule has 0 unspecified atom stereocenters. The van der Waals surface area contributed by atoms with E-state index in [9.17, 15) is 9.65 Å². The fraction of sp³-hybridized carbons (Fsp3) is 0.350. The summed E-state index contributed by atoms with van der Waals surface area (Å²) in [5.41, 5.74) is 2.84. The van der Waals surface area contributed by atoms with E-state index in [0.29, 0.717) is 31.9 Å². The number of aromatic nitrogens is 7. The molecule has 5 rings (SSSR count). The second-order valence-electron chi connectivity index (χ2n) is 7.66. The minimum atomic E-state index is -0.433. The van der Waals surface area contributed by atoms with Gasteiger partial charge in [-0.25, -0.2) is 14.4 Å². The molecule has 9 nitrogen and oxygen atoms in total. The van der Waals surface area contributed by atoms with Crippen LogP contribution in [-0.2, 0) is 12.6 Å². The molecule has 0 atom stereocenters. The fourth-order valence-corrected chi connectivity index (χ4v) is 4.07. The first-order chi connectivity index (χ1) is 14.6. The Morgan fingerprint density at radius 2 is 2.03 bits per heavy atom. The molecule has 1 fully saturated rings. The highest BCUT2D eigenvalue weighted by Gasteiger charge is 2.45. The van der Waals surface area contributed by atoms with E-state index in [2.05, 4.69) is 21.3 Å². The molecular formula is C20H20FN9. The van der Waals surface area contributed by atoms with Crippen molar-refractivity contribution in [3.05, 3.63) is 43.2 Å². The number of fused-ring (bicyclic) bond motifs is 1. The fourth-order valence-electron chi connectivity index (χ4n) is 4.07. The summed E-state index contributed by atoms with van der Waals surface area (Å²) < 4.78 is 18.2. The van der Waals surface area contributed by atoms with Crippen LogP contribution in [0.25, 0.3) is 28.3 Å². The molecule has 1 aliphatic rings. The van der Waals surface area contributed by atoms with Gasteiger partial charge in [0.15, 0.2) is 0 Å². The molecule has 10 heteroatoms. The third kappa shape index (κ3) is 2.95. The van der Waals surface area contributed by atoms with Crippen LogP contribution in [-0.4, -0.2) is 65.1 Å². The summed E-state index contributed by atoms with van der Waals surface area (Å²) in [6.45, 7) is 1.20. The number of nitriles is 1. The van der Waals surface area contributed by atoms with Crippen molar-refractivity contribution in [3.8, 4) is 28.7 Å². The number of likely N-dealkylation sites (tertiary alicyclic amines) is 1. The van der Waals surface area contributed by atoms with Gasteiger partial charge in [0.1, 0.15) is 23.7 Å². The highest BCUT2D eigenvalue weighted by molar-refractivity contribution is 5.68. The van der Waals surface area contributed by atoms with Crippen LogP contribution in [0.5, 0.6) is 0 Å². The third-order valence-corrected chi connectivity index (χ3v) is 5.56. The molecule has 0 N–H and O–H groups in total. The Balaban J connectivity index is 1.55. The van der Waals surface area contributed by atoms with Crippen LogP contribution in [0, 0.1) is 11.3 Å². The van der Waals surface area contributed by atoms with Crippen LogP contribution in [0.2, 0.25) is 0 Å². The molecule has 5 heterocycles. The zero-order valence-corrected chi connectivity index (χ0v) is 16.5. The Hall–Kier alpha value is -3.58. The van der Waals surface area contributed by atoms with Crippen molar-refractivity contribution >= 4 is 5.65 Å². The van der Waals surface area contributed by atoms with Gasteiger partial charge in [0.05, 0.1) is 36.1 Å². The second-order valence-corrected chi connectivity index (χ2v) is 7.66. The summed E-state index contributed by atoms with van der Waals surface area (Å²) in [5.74, 6) is 0.710. The minimum absolute atomic E-state index is 0.320. The van der Waals surface area contributed by atoms with Crippen molar-refractivity contribution in [3.63, 3.8) is 0 Å². The molecule has 0 amide bonds. The Morgan fingerprint density at radius 3 is 2.77 bits per heavy atom. The third-order valence-electron chi connectivity index (χ3n) is 5.56. The van der Waals surface area contributed by atoms with Crippen LogP contribution in [0.4, 0.5) is 4.39 Å². The van der Waals surface area contributed by atoms with Gasteiger partial charge in [-0.15, -0.1) is 0 Å². The van der Waals surface area contributed by atoms with Crippen molar-refractivity contribution in [1.29, 1.82) is 5.26 Å². The molecule has 0 aliphatic carbocycles. The van der Waals surface area contributed by atoms with Crippen LogP contribution in [0.3, 0.4) is 0 Å². The maximum Gasteiger partial charge on any atom is 0.149 e. The van der Waals surface area contributed by atoms with Crippen LogP contribution < -0.4 is 0 Å². The predicted molar refractivity (Wildman–Crippen MR) is 107 cm³/mol. The zero-order valence-electron chi connectivity index (χ0n) is 16.5. The van der Waals surface area contributed by atoms with Crippen LogP contribution >= 0.6 is 0 Å². The van der Waals surface area contributed by atoms with Crippen molar-refractivity contribution < 1.29 is 4.39 Å². The summed E-state index contributed by atoms with van der Waals surface area (Å²) in [5, 5.41) is 18.1. The Morgan fingerprint density at radius 1 is 1.20 bits per heavy atom. The first-order valence-electron chi connectivity index (χ1n) is 9.66. The van der Waals surface area contributed by atoms with E-state index in [1.54, 1.807) is 23.3 Å². The number of hydrogen-bond donors (Lipinski definition) is 0. The number of nitrogens with zero attached hydrogens (tertiary/aromatic N) is 9. The number of hydrogen-bond acceptors (Lipinski definition) is 6. The summed E-state index contributed by atoms with van der Waals surface area (Å²) in [4.78, 5) is 11.3. The quantitative estimate of drug-likeness (QED) is 0.486. The van der Waals surface area contributed by atoms with Gasteiger partial charge in [-0.1, -0.05) is 0 Å². The molecule has 0 saturated carbocycles. The average Bonchev–Trinajstić information content (AvgIpc) is 3.45. The smallest absolute Gasteiger partial charge is 0.149 e. The lowest BCUT2D eigenvalue weighted by molar-refractivity contribution is 0.00198. The van der Waals surface area contributed by atoms with Crippen molar-refractivity contribution in [2.75, 3.05) is 26.3 Å². The van der Waals surface area contributed by atoms with Gasteiger partial charge in [-0.2, -0.15) is 15.5 Å². The van der Waals surface area contributed by atoms with Crippen molar-refractivity contribution in [2.45, 2.75) is 12.0 Å². The maximum absolute atomic E-state index is 12.7. The van der Waals surface area contributed by atoms with E-state index in [0.717, 1.165) is 22.5 Å². The molecule has 30 heavy (non-hydrogen) atoms. The molecule has 4 aromatic rings. The van der Waals surface area contributed by atoms with E-state index >= 15 is 0 Å². The van der Waals surface area contributed by atoms with Crippen molar-refractivity contribution in [2.24, 2.45) is 7.05 Å². The van der Waals surface area contributed by atoms with Gasteiger partial charge >= 0.3 is 0 Å². The highest BCUT2D eigenvalue weighted by atomic mass is 19.1. The highest BCUT2D eigenvalue weighted by Crippen LogP contribution is 2.33. The van der Waals surface area contributed by atoms with Crippen LogP contribution in [0.1, 0.15) is 6.42 Å². The van der Waals surface area contributed by atoms with E-state index in [-0.39, 0.29) is 0 Å². The largest absolute Gasteiger partial charge is 0.296 e. The SMILES string of the molecule is Cn1cc(-c2cc3nccn3c(-c3cnn(C4(CC#N)CN(CCF)C4)c3)n2)cn1. The Labute approximate surface area is 172 Å². The number of imidazole rings is 1. The Kier molecular flexibility index (Phi) is 4.33. The topological polar surface area (TPSA) is 92.9 Å². The molecule has 1 aliphatic heterocycles. The van der Waals surface area contributed by atoms with Gasteiger partial charge in [-0.05, 0) is 0 Å². The maximum atomic E-state index is 12.7. The lowest BCUT2D eigenvalue weighted by Crippen LogP contribution is -2.62. The monoisotopic (exact) mass is 405 g/mol. The number of halogens is 1. The number of rotatable bonds is 6. The summed E-state index contributed by atoms with van der Waals surface area (Å²) in [6, 6.07) is 4.18. The normalized spacial score (nSPS) is 15.9. The lowest BCUT2D eigenvalue weighted by Gasteiger charge is -2.48. The van der Waals surface area contributed by atoms with Crippen molar-refractivity contribution in [1.82, 2.24) is 38.8 Å². The molecule has 0 bridgehead atoms. The second kappa shape index (κ2) is 7.03. The Bertz CT molecular complexity index is 1240.